The quantitative estimate of drug-likeness (QED) is 0.513. The lowest BCUT2D eigenvalue weighted by molar-refractivity contribution is 0.439. The number of hydrazine groups is 1. The molecule has 0 heterocycles. The van der Waals surface area contributed by atoms with Gasteiger partial charge >= 0.3 is 0 Å². The molecule has 20 heavy (non-hydrogen) atoms. The minimum absolute atomic E-state index is 0.269. The van der Waals surface area contributed by atoms with Gasteiger partial charge in [0, 0.05) is 0 Å². The number of halogens is 3. The number of rotatable bonds is 4. The Morgan fingerprint density at radius 2 is 1.75 bits per heavy atom. The van der Waals surface area contributed by atoms with Crippen LogP contribution in [0.25, 0.3) is 0 Å². The van der Waals surface area contributed by atoms with Crippen molar-refractivity contribution in [3.8, 4) is 0 Å². The van der Waals surface area contributed by atoms with Gasteiger partial charge in [-0.1, -0.05) is 29.8 Å². The topological polar surface area (TPSA) is 38.0 Å². The van der Waals surface area contributed by atoms with Crippen LogP contribution in [0, 0.1) is 24.4 Å². The molecule has 0 bridgehead atoms. The average Bonchev–Trinajstić information content (AvgIpc) is 2.41. The molecule has 5 heteroatoms. The van der Waals surface area contributed by atoms with Crippen LogP contribution >= 0.6 is 0 Å². The van der Waals surface area contributed by atoms with E-state index in [1.54, 1.807) is 0 Å². The van der Waals surface area contributed by atoms with E-state index in [4.69, 9.17) is 5.84 Å². The van der Waals surface area contributed by atoms with Gasteiger partial charge in [-0.05, 0) is 36.6 Å². The van der Waals surface area contributed by atoms with E-state index < -0.39 is 23.5 Å². The third kappa shape index (κ3) is 3.18. The zero-order valence-corrected chi connectivity index (χ0v) is 11.0. The third-order valence-electron chi connectivity index (χ3n) is 3.13. The molecule has 1 unspecified atom stereocenters. The Morgan fingerprint density at radius 3 is 2.30 bits per heavy atom. The molecule has 0 spiro atoms. The Morgan fingerprint density at radius 1 is 1.10 bits per heavy atom. The molecule has 2 nitrogen and oxygen atoms in total. The maximum absolute atomic E-state index is 13.3. The summed E-state index contributed by atoms with van der Waals surface area (Å²) in [5, 5.41) is 0. The first-order chi connectivity index (χ1) is 9.51. The Kier molecular flexibility index (Phi) is 4.42. The predicted molar refractivity (Wildman–Crippen MR) is 71.3 cm³/mol. The SMILES string of the molecule is Cc1cccc(CC(NN)c2cc(F)c(F)c(F)c2)c1. The smallest absolute Gasteiger partial charge is 0.194 e. The van der Waals surface area contributed by atoms with Crippen LogP contribution in [0.3, 0.4) is 0 Å². The first kappa shape index (κ1) is 14.6. The molecule has 0 fully saturated rings. The molecule has 0 aromatic heterocycles. The van der Waals surface area contributed by atoms with Crippen LogP contribution in [0.4, 0.5) is 13.2 Å². The fourth-order valence-electron chi connectivity index (χ4n) is 2.12. The summed E-state index contributed by atoms with van der Waals surface area (Å²) >= 11 is 0. The van der Waals surface area contributed by atoms with Crippen molar-refractivity contribution in [3.05, 3.63) is 70.5 Å². The van der Waals surface area contributed by atoms with E-state index in [0.717, 1.165) is 23.3 Å². The molecule has 2 rings (SSSR count). The van der Waals surface area contributed by atoms with Gasteiger partial charge < -0.3 is 0 Å². The Labute approximate surface area is 115 Å². The van der Waals surface area contributed by atoms with Crippen LogP contribution in [0.1, 0.15) is 22.7 Å². The highest BCUT2D eigenvalue weighted by atomic mass is 19.2. The largest absolute Gasteiger partial charge is 0.271 e. The molecule has 0 radical (unpaired) electrons. The van der Waals surface area contributed by atoms with Gasteiger partial charge in [0.05, 0.1) is 6.04 Å². The van der Waals surface area contributed by atoms with Gasteiger partial charge in [-0.15, -0.1) is 0 Å². The highest BCUT2D eigenvalue weighted by Gasteiger charge is 2.17. The van der Waals surface area contributed by atoms with Crippen LogP contribution in [0.2, 0.25) is 0 Å². The van der Waals surface area contributed by atoms with Gasteiger partial charge in [0.2, 0.25) is 0 Å². The molecule has 3 N–H and O–H groups in total. The zero-order chi connectivity index (χ0) is 14.7. The maximum Gasteiger partial charge on any atom is 0.194 e. The second-order valence-corrected chi connectivity index (χ2v) is 4.71. The molecule has 0 saturated carbocycles. The number of aryl methyl sites for hydroxylation is 1. The number of hydrogen-bond acceptors (Lipinski definition) is 2. The van der Waals surface area contributed by atoms with Crippen molar-refractivity contribution >= 4 is 0 Å². The van der Waals surface area contributed by atoms with Crippen LogP contribution < -0.4 is 11.3 Å². The van der Waals surface area contributed by atoms with Gasteiger partial charge in [-0.3, -0.25) is 11.3 Å². The lowest BCUT2D eigenvalue weighted by Gasteiger charge is -2.17. The molecule has 2 aromatic carbocycles. The van der Waals surface area contributed by atoms with Crippen LogP contribution in [0.15, 0.2) is 36.4 Å². The van der Waals surface area contributed by atoms with E-state index in [-0.39, 0.29) is 5.56 Å². The lowest BCUT2D eigenvalue weighted by Crippen LogP contribution is -2.30. The Balaban J connectivity index is 2.29. The van der Waals surface area contributed by atoms with Gasteiger partial charge in [-0.25, -0.2) is 13.2 Å². The molecular weight excluding hydrogens is 265 g/mol. The Bertz CT molecular complexity index is 591. The average molecular weight is 280 g/mol. The van der Waals surface area contributed by atoms with Crippen molar-refractivity contribution in [3.63, 3.8) is 0 Å². The van der Waals surface area contributed by atoms with Gasteiger partial charge in [0.15, 0.2) is 17.5 Å². The second-order valence-electron chi connectivity index (χ2n) is 4.71. The van der Waals surface area contributed by atoms with Crippen molar-refractivity contribution < 1.29 is 13.2 Å². The van der Waals surface area contributed by atoms with Gasteiger partial charge in [-0.2, -0.15) is 0 Å². The summed E-state index contributed by atoms with van der Waals surface area (Å²) in [6, 6.07) is 9.11. The Hall–Kier alpha value is -1.85. The summed E-state index contributed by atoms with van der Waals surface area (Å²) in [6.45, 7) is 1.95. The number of nitrogens with two attached hydrogens (primary N) is 1. The van der Waals surface area contributed by atoms with Crippen molar-refractivity contribution in [2.75, 3.05) is 0 Å². The fourth-order valence-corrected chi connectivity index (χ4v) is 2.12. The summed E-state index contributed by atoms with van der Waals surface area (Å²) in [6.07, 6.45) is 0.447. The van der Waals surface area contributed by atoms with Crippen molar-refractivity contribution in [1.29, 1.82) is 0 Å². The summed E-state index contributed by atoms with van der Waals surface area (Å²) < 4.78 is 39.5. The first-order valence-electron chi connectivity index (χ1n) is 6.17. The number of benzene rings is 2. The van der Waals surface area contributed by atoms with Crippen molar-refractivity contribution in [2.45, 2.75) is 19.4 Å². The molecule has 0 saturated heterocycles. The monoisotopic (exact) mass is 280 g/mol. The predicted octanol–water partition coefficient (Wildman–Crippen LogP) is 3.16. The highest BCUT2D eigenvalue weighted by molar-refractivity contribution is 5.27. The molecule has 0 aliphatic rings. The van der Waals surface area contributed by atoms with Crippen molar-refractivity contribution in [2.24, 2.45) is 5.84 Å². The zero-order valence-electron chi connectivity index (χ0n) is 11.0. The molecule has 2 aromatic rings. The van der Waals surface area contributed by atoms with E-state index in [1.165, 1.54) is 0 Å². The molecule has 0 amide bonds. The first-order valence-corrected chi connectivity index (χ1v) is 6.17. The molecule has 1 atom stereocenters. The van der Waals surface area contributed by atoms with E-state index in [1.807, 2.05) is 31.2 Å². The maximum atomic E-state index is 13.3. The van der Waals surface area contributed by atoms with Crippen LogP contribution in [-0.4, -0.2) is 0 Å². The minimum Gasteiger partial charge on any atom is -0.271 e. The van der Waals surface area contributed by atoms with E-state index in [0.29, 0.717) is 6.42 Å². The second kappa shape index (κ2) is 6.07. The summed E-state index contributed by atoms with van der Waals surface area (Å²) in [5.74, 6) is 1.53. The summed E-state index contributed by atoms with van der Waals surface area (Å²) in [5.41, 5.74) is 4.82. The standard InChI is InChI=1S/C15H15F3N2/c1-9-3-2-4-10(5-9)6-14(20-19)11-7-12(16)15(18)13(17)8-11/h2-5,7-8,14,20H,6,19H2,1H3. The summed E-state index contributed by atoms with van der Waals surface area (Å²) in [7, 11) is 0. The summed E-state index contributed by atoms with van der Waals surface area (Å²) in [4.78, 5) is 0. The lowest BCUT2D eigenvalue weighted by atomic mass is 9.98. The molecule has 0 aliphatic heterocycles. The third-order valence-corrected chi connectivity index (χ3v) is 3.13. The van der Waals surface area contributed by atoms with Crippen molar-refractivity contribution in [1.82, 2.24) is 5.43 Å². The normalized spacial score (nSPS) is 12.4. The van der Waals surface area contributed by atoms with Crippen LogP contribution in [-0.2, 0) is 6.42 Å². The number of hydrogen-bond donors (Lipinski definition) is 2. The minimum atomic E-state index is -1.47. The highest BCUT2D eigenvalue weighted by Crippen LogP contribution is 2.22. The van der Waals surface area contributed by atoms with Gasteiger partial charge in [0.25, 0.3) is 0 Å². The molecule has 0 aliphatic carbocycles. The van der Waals surface area contributed by atoms with Crippen LogP contribution in [0.5, 0.6) is 0 Å². The van der Waals surface area contributed by atoms with E-state index >= 15 is 0 Å². The number of nitrogens with one attached hydrogen (secondary N) is 1. The van der Waals surface area contributed by atoms with Gasteiger partial charge in [0.1, 0.15) is 0 Å². The van der Waals surface area contributed by atoms with E-state index in [2.05, 4.69) is 5.43 Å². The fraction of sp³-hybridized carbons (Fsp3) is 0.200. The molecule has 106 valence electrons. The molecular formula is C15H15F3N2. The van der Waals surface area contributed by atoms with E-state index in [9.17, 15) is 13.2 Å².